The zero-order chi connectivity index (χ0) is 31.5. The molecule has 0 atom stereocenters. The van der Waals surface area contributed by atoms with E-state index in [4.69, 9.17) is 0 Å². The molecule has 2 N–H and O–H groups in total. The van der Waals surface area contributed by atoms with Crippen LogP contribution in [0.3, 0.4) is 0 Å². The van der Waals surface area contributed by atoms with Gasteiger partial charge >= 0.3 is 5.97 Å². The van der Waals surface area contributed by atoms with Crippen molar-refractivity contribution in [1.29, 1.82) is 0 Å². The van der Waals surface area contributed by atoms with Gasteiger partial charge in [-0.05, 0) is 48.0 Å². The number of aromatic carboxylic acids is 1. The molecular formula is C34H31F2N3O4S. The number of carboxylic acids is 1. The second-order valence-electron chi connectivity index (χ2n) is 11.0. The van der Waals surface area contributed by atoms with Gasteiger partial charge in [0.2, 0.25) is 11.3 Å². The number of pyridine rings is 1. The van der Waals surface area contributed by atoms with Crippen molar-refractivity contribution in [1.82, 2.24) is 9.47 Å². The summed E-state index contributed by atoms with van der Waals surface area (Å²) in [5.41, 5.74) is 1.63. The standard InChI is InChI=1S/C34H31F2N3O4S/c1-20(2)32(41)37-23-14-12-22(13-15-23)31-25(17-38(3)16-21-8-5-4-6-9-21)29-30(40)26(34(42)43)19-39(33(29)44-31)18-24-27(35)10-7-11-28(24)36/h4-15,19-20H,16-18H2,1-3H3,(H,37,41)(H,42,43). The van der Waals surface area contributed by atoms with Crippen molar-refractivity contribution < 1.29 is 23.5 Å². The number of rotatable bonds is 10. The van der Waals surface area contributed by atoms with Gasteiger partial charge in [0.1, 0.15) is 22.0 Å². The SMILES string of the molecule is CC(C)C(=O)Nc1ccc(-c2sc3c(c2CN(C)Cc2ccccc2)c(=O)c(C(=O)O)cn3Cc2c(F)cccc2F)cc1. The van der Waals surface area contributed by atoms with E-state index in [1.807, 2.05) is 54.4 Å². The van der Waals surface area contributed by atoms with Gasteiger partial charge in [-0.25, -0.2) is 13.6 Å². The Hall–Kier alpha value is -4.67. The number of anilines is 1. The molecule has 0 spiro atoms. The van der Waals surface area contributed by atoms with Gasteiger partial charge < -0.3 is 15.0 Å². The number of carboxylic acid groups (broad SMARTS) is 1. The van der Waals surface area contributed by atoms with Crippen molar-refractivity contribution in [3.8, 4) is 10.4 Å². The van der Waals surface area contributed by atoms with E-state index < -0.39 is 28.6 Å². The van der Waals surface area contributed by atoms with Crippen LogP contribution >= 0.6 is 11.3 Å². The van der Waals surface area contributed by atoms with Crippen LogP contribution in [0.15, 0.2) is 83.8 Å². The first-order valence-electron chi connectivity index (χ1n) is 14.0. The molecule has 0 unspecified atom stereocenters. The van der Waals surface area contributed by atoms with Crippen LogP contribution in [0.4, 0.5) is 14.5 Å². The minimum absolute atomic E-state index is 0.124. The highest BCUT2D eigenvalue weighted by Crippen LogP contribution is 2.39. The summed E-state index contributed by atoms with van der Waals surface area (Å²) in [4.78, 5) is 41.3. The van der Waals surface area contributed by atoms with Gasteiger partial charge in [0.25, 0.3) is 0 Å². The maximum Gasteiger partial charge on any atom is 0.341 e. The number of fused-ring (bicyclic) bond motifs is 1. The molecule has 226 valence electrons. The third-order valence-electron chi connectivity index (χ3n) is 7.29. The van der Waals surface area contributed by atoms with Crippen LogP contribution in [0.25, 0.3) is 20.7 Å². The number of thiophene rings is 1. The van der Waals surface area contributed by atoms with E-state index in [2.05, 4.69) is 5.32 Å². The Balaban J connectivity index is 1.69. The fraction of sp³-hybridized carbons (Fsp3) is 0.206. The second kappa shape index (κ2) is 12.9. The number of halogens is 2. The number of benzene rings is 3. The molecule has 0 bridgehead atoms. The lowest BCUT2D eigenvalue weighted by Crippen LogP contribution is -2.22. The lowest BCUT2D eigenvalue weighted by molar-refractivity contribution is -0.118. The van der Waals surface area contributed by atoms with E-state index in [1.165, 1.54) is 22.0 Å². The van der Waals surface area contributed by atoms with Crippen LogP contribution in [-0.2, 0) is 24.4 Å². The predicted octanol–water partition coefficient (Wildman–Crippen LogP) is 6.98. The fourth-order valence-electron chi connectivity index (χ4n) is 5.02. The van der Waals surface area contributed by atoms with Gasteiger partial charge in [-0.1, -0.05) is 62.4 Å². The molecule has 0 saturated carbocycles. The molecule has 0 fully saturated rings. The molecule has 3 aromatic carbocycles. The van der Waals surface area contributed by atoms with Crippen molar-refractivity contribution in [2.45, 2.75) is 33.5 Å². The van der Waals surface area contributed by atoms with E-state index in [1.54, 1.807) is 26.0 Å². The summed E-state index contributed by atoms with van der Waals surface area (Å²) < 4.78 is 30.9. The van der Waals surface area contributed by atoms with Gasteiger partial charge in [-0.15, -0.1) is 11.3 Å². The number of nitrogens with zero attached hydrogens (tertiary/aromatic N) is 2. The molecule has 5 aromatic rings. The number of nitrogens with one attached hydrogen (secondary N) is 1. The molecule has 2 heterocycles. The van der Waals surface area contributed by atoms with Crippen LogP contribution in [-0.4, -0.2) is 33.5 Å². The minimum Gasteiger partial charge on any atom is -0.477 e. The maximum absolute atomic E-state index is 14.7. The van der Waals surface area contributed by atoms with Crippen LogP contribution in [0.1, 0.15) is 40.9 Å². The number of amides is 1. The van der Waals surface area contributed by atoms with E-state index >= 15 is 0 Å². The highest BCUT2D eigenvalue weighted by molar-refractivity contribution is 7.22. The number of carbonyl (C=O) groups excluding carboxylic acids is 1. The summed E-state index contributed by atoms with van der Waals surface area (Å²) in [6.45, 7) is 4.14. The number of hydrogen-bond acceptors (Lipinski definition) is 5. The maximum atomic E-state index is 14.7. The summed E-state index contributed by atoms with van der Waals surface area (Å²) in [5, 5.41) is 13.0. The Bertz CT molecular complexity index is 1880. The second-order valence-corrected chi connectivity index (χ2v) is 12.0. The zero-order valence-electron chi connectivity index (χ0n) is 24.4. The Morgan fingerprint density at radius 3 is 2.20 bits per heavy atom. The highest BCUT2D eigenvalue weighted by Gasteiger charge is 2.25. The fourth-order valence-corrected chi connectivity index (χ4v) is 6.31. The number of aromatic nitrogens is 1. The third-order valence-corrected chi connectivity index (χ3v) is 8.61. The van der Waals surface area contributed by atoms with Crippen LogP contribution in [0.2, 0.25) is 0 Å². The highest BCUT2D eigenvalue weighted by atomic mass is 32.1. The van der Waals surface area contributed by atoms with E-state index in [0.717, 1.165) is 29.5 Å². The van der Waals surface area contributed by atoms with Gasteiger partial charge in [-0.2, -0.15) is 0 Å². The van der Waals surface area contributed by atoms with Crippen LogP contribution < -0.4 is 10.7 Å². The molecule has 0 aliphatic heterocycles. The average molecular weight is 616 g/mol. The first kappa shape index (κ1) is 30.8. The van der Waals surface area contributed by atoms with Gasteiger partial charge in [0.15, 0.2) is 0 Å². The Morgan fingerprint density at radius 1 is 0.932 bits per heavy atom. The van der Waals surface area contributed by atoms with Crippen molar-refractivity contribution >= 4 is 39.1 Å². The van der Waals surface area contributed by atoms with Gasteiger partial charge in [0.05, 0.1) is 11.9 Å². The van der Waals surface area contributed by atoms with Crippen molar-refractivity contribution in [2.24, 2.45) is 5.92 Å². The summed E-state index contributed by atoms with van der Waals surface area (Å²) in [5.74, 6) is -3.29. The van der Waals surface area contributed by atoms with Crippen molar-refractivity contribution in [3.63, 3.8) is 0 Å². The third kappa shape index (κ3) is 6.46. The average Bonchev–Trinajstić information content (AvgIpc) is 3.36. The minimum atomic E-state index is -1.43. The lowest BCUT2D eigenvalue weighted by Gasteiger charge is -2.18. The zero-order valence-corrected chi connectivity index (χ0v) is 25.3. The van der Waals surface area contributed by atoms with Crippen LogP contribution in [0.5, 0.6) is 0 Å². The first-order chi connectivity index (χ1) is 21.0. The molecule has 10 heteroatoms. The molecule has 5 rings (SSSR count). The normalized spacial score (nSPS) is 11.4. The molecule has 2 aromatic heterocycles. The monoisotopic (exact) mass is 615 g/mol. The molecule has 44 heavy (non-hydrogen) atoms. The van der Waals surface area contributed by atoms with E-state index in [-0.39, 0.29) is 29.3 Å². The van der Waals surface area contributed by atoms with Gasteiger partial charge in [0, 0.05) is 41.3 Å². The number of hydrogen-bond donors (Lipinski definition) is 2. The Labute approximate surface area is 257 Å². The molecule has 0 aliphatic carbocycles. The predicted molar refractivity (Wildman–Crippen MR) is 169 cm³/mol. The summed E-state index contributed by atoms with van der Waals surface area (Å²) in [7, 11) is 1.90. The van der Waals surface area contributed by atoms with Crippen molar-refractivity contribution in [3.05, 3.63) is 123 Å². The summed E-state index contributed by atoms with van der Waals surface area (Å²) >= 11 is 1.25. The smallest absolute Gasteiger partial charge is 0.341 e. The molecule has 7 nitrogen and oxygen atoms in total. The van der Waals surface area contributed by atoms with E-state index in [0.29, 0.717) is 34.0 Å². The summed E-state index contributed by atoms with van der Waals surface area (Å²) in [6, 6.07) is 20.5. The molecule has 0 saturated heterocycles. The topological polar surface area (TPSA) is 91.6 Å². The van der Waals surface area contributed by atoms with Gasteiger partial charge in [-0.3, -0.25) is 14.5 Å². The summed E-state index contributed by atoms with van der Waals surface area (Å²) in [6.07, 6.45) is 1.15. The Kier molecular flexibility index (Phi) is 9.03. The molecule has 0 aliphatic rings. The van der Waals surface area contributed by atoms with Crippen molar-refractivity contribution in [2.75, 3.05) is 12.4 Å². The van der Waals surface area contributed by atoms with E-state index in [9.17, 15) is 28.3 Å². The molecular weight excluding hydrogens is 584 g/mol. The molecule has 0 radical (unpaired) electrons. The van der Waals surface area contributed by atoms with Crippen LogP contribution in [0, 0.1) is 17.6 Å². The Morgan fingerprint density at radius 2 is 1.59 bits per heavy atom. The lowest BCUT2D eigenvalue weighted by atomic mass is 10.0. The largest absolute Gasteiger partial charge is 0.477 e. The quantitative estimate of drug-likeness (QED) is 0.177. The first-order valence-corrected chi connectivity index (χ1v) is 14.8. The number of carbonyl (C=O) groups is 2. The molecule has 1 amide bonds.